The van der Waals surface area contributed by atoms with Gasteiger partial charge in [0.1, 0.15) is 0 Å². The van der Waals surface area contributed by atoms with E-state index >= 15 is 0 Å². The molecule has 4 heavy (non-hydrogen) atoms. The first-order valence-electron chi connectivity index (χ1n) is 0. The molecule has 0 aromatic heterocycles. The molecule has 0 bridgehead atoms. The molecule has 2 nitrogen and oxygen atoms in total. The second kappa shape index (κ2) is 19.2. The van der Waals surface area contributed by atoms with Crippen LogP contribution in [0.25, 0.3) is 0 Å². The van der Waals surface area contributed by atoms with Gasteiger partial charge in [-0.15, -0.1) is 0 Å². The molecule has 4 heteroatoms. The summed E-state index contributed by atoms with van der Waals surface area (Å²) in [5.41, 5.74) is 0. The van der Waals surface area contributed by atoms with Crippen molar-refractivity contribution in [3.8, 4) is 0 Å². The van der Waals surface area contributed by atoms with Gasteiger partial charge < -0.3 is 11.0 Å². The molecule has 0 aliphatic carbocycles. The van der Waals surface area contributed by atoms with Crippen LogP contribution in [0.5, 0.6) is 0 Å². The molecule has 0 saturated carbocycles. The summed E-state index contributed by atoms with van der Waals surface area (Å²) in [4.78, 5) is 0. The van der Waals surface area contributed by atoms with Crippen molar-refractivity contribution in [2.75, 3.05) is 0 Å². The number of rotatable bonds is 0. The van der Waals surface area contributed by atoms with E-state index in [1.165, 1.54) is 0 Å². The maximum absolute atomic E-state index is 0. The van der Waals surface area contributed by atoms with Crippen LogP contribution in [0.2, 0.25) is 0 Å². The average molecular weight is 127 g/mol. The zero-order chi connectivity index (χ0) is 0. The van der Waals surface area contributed by atoms with Crippen molar-refractivity contribution >= 4 is 51.4 Å². The van der Waals surface area contributed by atoms with E-state index < -0.39 is 0 Å². The third-order valence-corrected chi connectivity index (χ3v) is 0. The van der Waals surface area contributed by atoms with Crippen LogP contribution < -0.4 is 0 Å². The summed E-state index contributed by atoms with van der Waals surface area (Å²) in [6.45, 7) is 0. The normalized spacial score (nSPS) is 0. The smallest absolute Gasteiger partial charge is 0 e. The van der Waals surface area contributed by atoms with Crippen molar-refractivity contribution in [2.24, 2.45) is 0 Å². The third-order valence-electron chi connectivity index (χ3n) is 0. The van der Waals surface area contributed by atoms with Crippen molar-refractivity contribution in [1.29, 1.82) is 0 Å². The Hall–Kier alpha value is 2.14. The zero-order valence-corrected chi connectivity index (χ0v) is 2.84. The van der Waals surface area contributed by atoms with E-state index in [1.54, 1.807) is 0 Å². The van der Waals surface area contributed by atoms with Gasteiger partial charge in [-0.25, -0.2) is 0 Å². The first kappa shape index (κ1) is 35.4. The van der Waals surface area contributed by atoms with E-state index in [-0.39, 0.29) is 80.9 Å². The summed E-state index contributed by atoms with van der Waals surface area (Å²) in [6, 6.07) is 0. The van der Waals surface area contributed by atoms with Crippen LogP contribution in [0.4, 0.5) is 0 Å². The molecule has 0 atom stereocenters. The van der Waals surface area contributed by atoms with E-state index in [0.29, 0.717) is 0 Å². The molecular formula is H5KO2V. The Labute approximate surface area is 79.3 Å². The standard InChI is InChI=1S/K.2H2O.V.H/h;2*1H2;;. The first-order chi connectivity index (χ1) is 0. The molecule has 0 rings (SSSR count). The molecule has 0 amide bonds. The van der Waals surface area contributed by atoms with Crippen LogP contribution in [0.1, 0.15) is 0 Å². The van der Waals surface area contributed by atoms with Crippen LogP contribution in [0, 0.1) is 0 Å². The van der Waals surface area contributed by atoms with E-state index in [0.717, 1.165) is 0 Å². The summed E-state index contributed by atoms with van der Waals surface area (Å²) in [5.74, 6) is 0. The summed E-state index contributed by atoms with van der Waals surface area (Å²) in [5, 5.41) is 0. The summed E-state index contributed by atoms with van der Waals surface area (Å²) in [6.07, 6.45) is 0. The Balaban J connectivity index is 0. The van der Waals surface area contributed by atoms with Gasteiger partial charge in [0.2, 0.25) is 0 Å². The fourth-order valence-corrected chi connectivity index (χ4v) is 0. The largest absolute Gasteiger partial charge is 0 e. The van der Waals surface area contributed by atoms with E-state index in [4.69, 9.17) is 0 Å². The molecule has 0 unspecified atom stereocenters. The molecule has 4 N–H and O–H groups in total. The molecule has 23 valence electrons. The Morgan fingerprint density at radius 1 is 0.750 bits per heavy atom. The van der Waals surface area contributed by atoms with E-state index in [1.807, 2.05) is 0 Å². The molecular weight excluding hydrogens is 122 g/mol. The maximum atomic E-state index is 0. The van der Waals surface area contributed by atoms with Gasteiger partial charge in [-0.3, -0.25) is 0 Å². The Morgan fingerprint density at radius 3 is 0.750 bits per heavy atom. The van der Waals surface area contributed by atoms with Crippen LogP contribution in [-0.2, 0) is 18.6 Å². The SMILES string of the molecule is O.O.[KH].[V]. The Morgan fingerprint density at radius 2 is 0.750 bits per heavy atom. The van der Waals surface area contributed by atoms with Crippen molar-refractivity contribution in [3.05, 3.63) is 0 Å². The monoisotopic (exact) mass is 127 g/mol. The first-order valence-corrected chi connectivity index (χ1v) is 0. The van der Waals surface area contributed by atoms with Gasteiger partial charge in [0.05, 0.1) is 0 Å². The second-order valence-corrected chi connectivity index (χ2v) is 0. The molecule has 1 radical (unpaired) electrons. The number of hydrogen-bond acceptors (Lipinski definition) is 0. The third kappa shape index (κ3) is 8.91. The van der Waals surface area contributed by atoms with Crippen molar-refractivity contribution in [1.82, 2.24) is 0 Å². The predicted octanol–water partition coefficient (Wildman–Crippen LogP) is -2.30. The van der Waals surface area contributed by atoms with Gasteiger partial charge in [0, 0.05) is 18.6 Å². The van der Waals surface area contributed by atoms with E-state index in [2.05, 4.69) is 0 Å². The van der Waals surface area contributed by atoms with Gasteiger partial charge in [-0.1, -0.05) is 0 Å². The maximum Gasteiger partial charge on any atom is 0 e. The summed E-state index contributed by atoms with van der Waals surface area (Å²) in [7, 11) is 0. The van der Waals surface area contributed by atoms with Crippen LogP contribution in [0.3, 0.4) is 0 Å². The molecule has 0 spiro atoms. The Bertz CT molecular complexity index is 6.00. The molecule has 0 aliphatic heterocycles. The molecule has 0 heterocycles. The minimum atomic E-state index is 0. The Kier molecular flexibility index (Phi) is 170. The van der Waals surface area contributed by atoms with Crippen LogP contribution >= 0.6 is 0 Å². The van der Waals surface area contributed by atoms with Crippen molar-refractivity contribution in [3.63, 3.8) is 0 Å². The van der Waals surface area contributed by atoms with Crippen LogP contribution in [-0.4, -0.2) is 62.3 Å². The molecule has 0 aromatic rings. The summed E-state index contributed by atoms with van der Waals surface area (Å²) >= 11 is 0. The number of hydrogen-bond donors (Lipinski definition) is 0. The minimum Gasteiger partial charge on any atom is 0 e. The fraction of sp³-hybridized carbons (Fsp3) is 0. The molecule has 0 aromatic carbocycles. The van der Waals surface area contributed by atoms with Gasteiger partial charge in [0.15, 0.2) is 0 Å². The molecule has 0 saturated heterocycles. The van der Waals surface area contributed by atoms with Crippen molar-refractivity contribution < 1.29 is 29.5 Å². The minimum absolute atomic E-state index is 0. The second-order valence-electron chi connectivity index (χ2n) is 0. The summed E-state index contributed by atoms with van der Waals surface area (Å²) < 4.78 is 0. The van der Waals surface area contributed by atoms with Gasteiger partial charge in [0.25, 0.3) is 0 Å². The molecule has 0 fully saturated rings. The fourth-order valence-electron chi connectivity index (χ4n) is 0. The average Bonchev–Trinajstić information content (AvgIpc) is 0. The van der Waals surface area contributed by atoms with Gasteiger partial charge in [-0.05, 0) is 0 Å². The van der Waals surface area contributed by atoms with Crippen LogP contribution in [0.15, 0.2) is 0 Å². The topological polar surface area (TPSA) is 63.0 Å². The van der Waals surface area contributed by atoms with Gasteiger partial charge in [-0.2, -0.15) is 0 Å². The zero-order valence-electron chi connectivity index (χ0n) is 1.45. The quantitative estimate of drug-likeness (QED) is 0.328. The predicted molar refractivity (Wildman–Crippen MR) is 14.4 cm³/mol. The van der Waals surface area contributed by atoms with E-state index in [9.17, 15) is 0 Å². The van der Waals surface area contributed by atoms with Gasteiger partial charge >= 0.3 is 51.4 Å². The molecule has 0 aliphatic rings. The van der Waals surface area contributed by atoms with Crippen molar-refractivity contribution in [2.45, 2.75) is 0 Å².